The fourth-order valence-electron chi connectivity index (χ4n) is 3.71. The molecule has 2 heterocycles. The Balaban J connectivity index is 1.71. The fraction of sp³-hybridized carbons (Fsp3) is 0.231. The first kappa shape index (κ1) is 22.0. The molecule has 4 aromatic rings. The van der Waals surface area contributed by atoms with Crippen LogP contribution in [0.25, 0.3) is 16.4 Å². The van der Waals surface area contributed by atoms with Crippen LogP contribution in [0.5, 0.6) is 17.2 Å². The van der Waals surface area contributed by atoms with Gasteiger partial charge >= 0.3 is 6.09 Å². The Labute approximate surface area is 192 Å². The number of fused-ring (bicyclic) bond motifs is 3. The number of nitriles is 1. The maximum atomic E-state index is 12.2. The monoisotopic (exact) mass is 443 g/mol. The molecule has 0 radical (unpaired) electrons. The topological polar surface area (TPSA) is 76.2 Å². The van der Waals surface area contributed by atoms with E-state index < -0.39 is 6.09 Å². The van der Waals surface area contributed by atoms with Gasteiger partial charge in [0.05, 0.1) is 30.5 Å². The van der Waals surface area contributed by atoms with Crippen LogP contribution in [0.2, 0.25) is 0 Å². The Morgan fingerprint density at radius 3 is 2.64 bits per heavy atom. The lowest BCUT2D eigenvalue weighted by atomic mass is 10.1. The van der Waals surface area contributed by atoms with Crippen LogP contribution in [0, 0.1) is 11.3 Å². The molecule has 0 N–H and O–H groups in total. The number of para-hydroxylation sites is 1. The van der Waals surface area contributed by atoms with Crippen LogP contribution in [-0.4, -0.2) is 42.7 Å². The predicted molar refractivity (Wildman–Crippen MR) is 126 cm³/mol. The minimum Gasteiger partial charge on any atom is -0.494 e. The smallest absolute Gasteiger partial charge is 0.414 e. The van der Waals surface area contributed by atoms with Crippen molar-refractivity contribution >= 4 is 22.5 Å². The Hall–Kier alpha value is -4.18. The molecule has 4 rings (SSSR count). The van der Waals surface area contributed by atoms with Gasteiger partial charge in [0.2, 0.25) is 0 Å². The summed E-state index contributed by atoms with van der Waals surface area (Å²) in [4.78, 5) is 13.5. The fourth-order valence-corrected chi connectivity index (χ4v) is 3.71. The number of amides is 1. The van der Waals surface area contributed by atoms with E-state index in [1.54, 1.807) is 26.4 Å². The minimum atomic E-state index is -0.495. The molecule has 0 atom stereocenters. The highest BCUT2D eigenvalue weighted by atomic mass is 16.6. The second kappa shape index (κ2) is 9.53. The van der Waals surface area contributed by atoms with E-state index in [0.717, 1.165) is 22.2 Å². The summed E-state index contributed by atoms with van der Waals surface area (Å²) in [5, 5.41) is 10.7. The molecule has 0 aliphatic heterocycles. The molecule has 0 unspecified atom stereocenters. The number of hydrogen-bond donors (Lipinski definition) is 0. The molecular formula is C26H25N3O4. The molecule has 2 aromatic heterocycles. The normalized spacial score (nSPS) is 10.7. The van der Waals surface area contributed by atoms with Crippen LogP contribution in [0.15, 0.2) is 60.8 Å². The van der Waals surface area contributed by atoms with Gasteiger partial charge < -0.3 is 23.5 Å². The number of carbonyl (C=O) groups excluding carboxylic acids is 1. The van der Waals surface area contributed by atoms with E-state index in [4.69, 9.17) is 14.2 Å². The molecule has 0 saturated carbocycles. The third-order valence-corrected chi connectivity index (χ3v) is 5.21. The van der Waals surface area contributed by atoms with Crippen molar-refractivity contribution in [1.82, 2.24) is 9.30 Å². The second-order valence-corrected chi connectivity index (χ2v) is 7.70. The van der Waals surface area contributed by atoms with Gasteiger partial charge in [-0.3, -0.25) is 0 Å². The van der Waals surface area contributed by atoms with Crippen molar-refractivity contribution in [3.8, 4) is 23.3 Å². The number of benzene rings is 2. The van der Waals surface area contributed by atoms with Gasteiger partial charge in [0.1, 0.15) is 23.1 Å². The molecule has 7 nitrogen and oxygen atoms in total. The summed E-state index contributed by atoms with van der Waals surface area (Å²) >= 11 is 0. The largest absolute Gasteiger partial charge is 0.494 e. The number of rotatable bonds is 7. The van der Waals surface area contributed by atoms with E-state index in [1.165, 1.54) is 4.90 Å². The van der Waals surface area contributed by atoms with E-state index in [2.05, 4.69) is 6.07 Å². The van der Waals surface area contributed by atoms with Crippen LogP contribution >= 0.6 is 0 Å². The quantitative estimate of drug-likeness (QED) is 0.400. The molecule has 7 heteroatoms. The molecular weight excluding hydrogens is 418 g/mol. The van der Waals surface area contributed by atoms with E-state index in [0.29, 0.717) is 42.2 Å². The highest BCUT2D eigenvalue weighted by Crippen LogP contribution is 2.35. The molecule has 0 saturated heterocycles. The lowest BCUT2D eigenvalue weighted by molar-refractivity contribution is 0.171. The summed E-state index contributed by atoms with van der Waals surface area (Å²) in [6, 6.07) is 19.5. The summed E-state index contributed by atoms with van der Waals surface area (Å²) in [6.07, 6.45) is 1.86. The number of hydrogen-bond acceptors (Lipinski definition) is 5. The molecule has 0 bridgehead atoms. The lowest BCUT2D eigenvalue weighted by Crippen LogP contribution is -2.25. The van der Waals surface area contributed by atoms with E-state index >= 15 is 0 Å². The predicted octanol–water partition coefficient (Wildman–Crippen LogP) is 5.04. The standard InChI is InChI=1S/C26H25N3O4/c1-4-31-19-9-7-8-18(14-19)12-13-32-24-15-20(33-26(30)28(2)3)17-29-23-11-6-5-10-21(23)22(16-27)25(24)29/h5-11,14-15,17H,4,12-13H2,1-3H3. The van der Waals surface area contributed by atoms with Gasteiger partial charge in [-0.15, -0.1) is 0 Å². The van der Waals surface area contributed by atoms with Crippen LogP contribution in [-0.2, 0) is 6.42 Å². The molecule has 0 fully saturated rings. The number of pyridine rings is 1. The number of ether oxygens (including phenoxy) is 3. The van der Waals surface area contributed by atoms with Gasteiger partial charge in [0.15, 0.2) is 5.75 Å². The van der Waals surface area contributed by atoms with Gasteiger partial charge in [-0.05, 0) is 30.7 Å². The zero-order chi connectivity index (χ0) is 23.4. The lowest BCUT2D eigenvalue weighted by Gasteiger charge is -2.14. The molecule has 33 heavy (non-hydrogen) atoms. The summed E-state index contributed by atoms with van der Waals surface area (Å²) in [6.45, 7) is 2.93. The Morgan fingerprint density at radius 2 is 1.88 bits per heavy atom. The van der Waals surface area contributed by atoms with Crippen molar-refractivity contribution in [3.63, 3.8) is 0 Å². The molecule has 2 aromatic carbocycles. The van der Waals surface area contributed by atoms with Crippen LogP contribution < -0.4 is 14.2 Å². The SMILES string of the molecule is CCOc1cccc(CCOc2cc(OC(=O)N(C)C)cn3c2c(C#N)c2ccccc23)c1. The summed E-state index contributed by atoms with van der Waals surface area (Å²) in [7, 11) is 3.24. The van der Waals surface area contributed by atoms with Crippen molar-refractivity contribution < 1.29 is 19.0 Å². The number of nitrogens with zero attached hydrogens (tertiary/aromatic N) is 3. The Bertz CT molecular complexity index is 1350. The average molecular weight is 444 g/mol. The average Bonchev–Trinajstić information content (AvgIpc) is 3.13. The maximum absolute atomic E-state index is 12.2. The number of carbonyl (C=O) groups is 1. The highest BCUT2D eigenvalue weighted by Gasteiger charge is 2.19. The zero-order valence-electron chi connectivity index (χ0n) is 18.9. The molecule has 0 aliphatic rings. The summed E-state index contributed by atoms with van der Waals surface area (Å²) in [5.41, 5.74) is 3.07. The van der Waals surface area contributed by atoms with E-state index in [9.17, 15) is 10.1 Å². The second-order valence-electron chi connectivity index (χ2n) is 7.70. The van der Waals surface area contributed by atoms with Gasteiger partial charge in [-0.1, -0.05) is 30.3 Å². The molecule has 1 amide bonds. The van der Waals surface area contributed by atoms with Crippen molar-refractivity contribution in [1.29, 1.82) is 5.26 Å². The zero-order valence-corrected chi connectivity index (χ0v) is 18.9. The third-order valence-electron chi connectivity index (χ3n) is 5.21. The maximum Gasteiger partial charge on any atom is 0.414 e. The summed E-state index contributed by atoms with van der Waals surface area (Å²) in [5.74, 6) is 1.63. The van der Waals surface area contributed by atoms with Crippen molar-refractivity contribution in [3.05, 3.63) is 71.9 Å². The molecule has 0 spiro atoms. The van der Waals surface area contributed by atoms with E-state index in [1.807, 2.05) is 59.9 Å². The number of aromatic nitrogens is 1. The Morgan fingerprint density at radius 1 is 1.06 bits per heavy atom. The summed E-state index contributed by atoms with van der Waals surface area (Å²) < 4.78 is 19.1. The Kier molecular flexibility index (Phi) is 6.36. The first-order valence-corrected chi connectivity index (χ1v) is 10.7. The van der Waals surface area contributed by atoms with Gasteiger partial charge in [0, 0.05) is 32.0 Å². The first-order chi connectivity index (χ1) is 16.0. The van der Waals surface area contributed by atoms with Crippen LogP contribution in [0.3, 0.4) is 0 Å². The first-order valence-electron chi connectivity index (χ1n) is 10.7. The van der Waals surface area contributed by atoms with Crippen LogP contribution in [0.4, 0.5) is 4.79 Å². The molecule has 168 valence electrons. The third kappa shape index (κ3) is 4.55. The van der Waals surface area contributed by atoms with Crippen molar-refractivity contribution in [2.24, 2.45) is 0 Å². The van der Waals surface area contributed by atoms with Gasteiger partial charge in [0.25, 0.3) is 0 Å². The van der Waals surface area contributed by atoms with Gasteiger partial charge in [-0.2, -0.15) is 5.26 Å². The van der Waals surface area contributed by atoms with E-state index in [-0.39, 0.29) is 0 Å². The highest BCUT2D eigenvalue weighted by molar-refractivity contribution is 5.97. The van der Waals surface area contributed by atoms with Crippen molar-refractivity contribution in [2.45, 2.75) is 13.3 Å². The van der Waals surface area contributed by atoms with Gasteiger partial charge in [-0.25, -0.2) is 4.79 Å². The molecule has 0 aliphatic carbocycles. The van der Waals surface area contributed by atoms with Crippen molar-refractivity contribution in [2.75, 3.05) is 27.3 Å². The van der Waals surface area contributed by atoms with Crippen LogP contribution in [0.1, 0.15) is 18.1 Å². The minimum absolute atomic E-state index is 0.333.